The molecule has 0 heterocycles. The average Bonchev–Trinajstić information content (AvgIpc) is 2.48. The Morgan fingerprint density at radius 1 is 1.24 bits per heavy atom. The predicted molar refractivity (Wildman–Crippen MR) is 82.6 cm³/mol. The fraction of sp³-hybridized carbons (Fsp3) is 0.294. The van der Waals surface area contributed by atoms with Gasteiger partial charge in [-0.05, 0) is 25.0 Å². The molecule has 1 amide bonds. The molecule has 0 aromatic heterocycles. The lowest BCUT2D eigenvalue weighted by molar-refractivity contribution is -0.145. The second-order valence-electron chi connectivity index (χ2n) is 4.58. The summed E-state index contributed by atoms with van der Waals surface area (Å²) in [6.07, 6.45) is 6.70. The van der Waals surface area contributed by atoms with Gasteiger partial charge in [0.2, 0.25) is 5.91 Å². The zero-order valence-electron chi connectivity index (χ0n) is 12.7. The molecule has 4 heteroatoms. The van der Waals surface area contributed by atoms with E-state index in [-0.39, 0.29) is 12.5 Å². The molecular weight excluding hydrogens is 266 g/mol. The zero-order chi connectivity index (χ0) is 15.7. The van der Waals surface area contributed by atoms with Gasteiger partial charge in [-0.1, -0.05) is 42.5 Å². The zero-order valence-corrected chi connectivity index (χ0v) is 12.7. The number of esters is 1. The molecule has 0 saturated carbocycles. The third-order valence-electron chi connectivity index (χ3n) is 3.02. The van der Waals surface area contributed by atoms with Crippen molar-refractivity contribution in [1.82, 2.24) is 4.90 Å². The topological polar surface area (TPSA) is 46.6 Å². The summed E-state index contributed by atoms with van der Waals surface area (Å²) >= 11 is 0. The van der Waals surface area contributed by atoms with Crippen LogP contribution in [0.15, 0.2) is 48.6 Å². The molecule has 1 rings (SSSR count). The minimum atomic E-state index is -0.434. The van der Waals surface area contributed by atoms with Crippen LogP contribution in [0.4, 0.5) is 0 Å². The van der Waals surface area contributed by atoms with Crippen molar-refractivity contribution in [2.24, 2.45) is 0 Å². The molecule has 0 unspecified atom stereocenters. The molecule has 0 aliphatic rings. The molecule has 0 spiro atoms. The summed E-state index contributed by atoms with van der Waals surface area (Å²) in [4.78, 5) is 25.1. The molecule has 0 bridgehead atoms. The minimum absolute atomic E-state index is 0.0656. The van der Waals surface area contributed by atoms with Crippen molar-refractivity contribution >= 4 is 11.9 Å². The first-order chi connectivity index (χ1) is 10.1. The maximum atomic E-state index is 12.2. The van der Waals surface area contributed by atoms with E-state index in [0.717, 1.165) is 11.1 Å². The normalized spacial score (nSPS) is 11.0. The van der Waals surface area contributed by atoms with Crippen LogP contribution in [0.1, 0.15) is 18.1 Å². The van der Waals surface area contributed by atoms with Crippen molar-refractivity contribution in [2.45, 2.75) is 20.4 Å². The number of rotatable bonds is 6. The average molecular weight is 287 g/mol. The predicted octanol–water partition coefficient (Wildman–Crippen LogP) is 2.63. The number of ether oxygens (including phenoxy) is 1. The Kier molecular flexibility index (Phi) is 6.95. The molecule has 0 fully saturated rings. The molecule has 1 aromatic carbocycles. The largest absolute Gasteiger partial charge is 0.468 e. The number of aryl methyl sites for hydroxylation is 1. The minimum Gasteiger partial charge on any atom is -0.468 e. The SMILES string of the molecule is C/C=C/C=C/C(=O)N(CC(=O)OC)Cc1ccccc1C. The maximum Gasteiger partial charge on any atom is 0.325 e. The van der Waals surface area contributed by atoms with E-state index in [1.165, 1.54) is 18.1 Å². The lowest BCUT2D eigenvalue weighted by Gasteiger charge is -2.21. The van der Waals surface area contributed by atoms with E-state index in [0.29, 0.717) is 6.54 Å². The smallest absolute Gasteiger partial charge is 0.325 e. The molecule has 0 aliphatic carbocycles. The molecule has 112 valence electrons. The van der Waals surface area contributed by atoms with Gasteiger partial charge in [-0.25, -0.2) is 0 Å². The van der Waals surface area contributed by atoms with Crippen LogP contribution in [0.3, 0.4) is 0 Å². The van der Waals surface area contributed by atoms with Crippen LogP contribution in [0.25, 0.3) is 0 Å². The van der Waals surface area contributed by atoms with Crippen molar-refractivity contribution in [3.63, 3.8) is 0 Å². The summed E-state index contributed by atoms with van der Waals surface area (Å²) in [6, 6.07) is 7.78. The van der Waals surface area contributed by atoms with Crippen LogP contribution in [-0.4, -0.2) is 30.4 Å². The molecule has 0 atom stereocenters. The summed E-state index contributed by atoms with van der Waals surface area (Å²) in [5.74, 6) is -0.655. The van der Waals surface area contributed by atoms with Gasteiger partial charge in [0, 0.05) is 12.6 Å². The van der Waals surface area contributed by atoms with Gasteiger partial charge in [-0.3, -0.25) is 9.59 Å². The van der Waals surface area contributed by atoms with Crippen LogP contribution < -0.4 is 0 Å². The number of hydrogen-bond acceptors (Lipinski definition) is 3. The first kappa shape index (κ1) is 16.7. The number of carbonyl (C=O) groups excluding carboxylic acids is 2. The van der Waals surface area contributed by atoms with E-state index in [9.17, 15) is 9.59 Å². The highest BCUT2D eigenvalue weighted by atomic mass is 16.5. The van der Waals surface area contributed by atoms with E-state index >= 15 is 0 Å². The fourth-order valence-corrected chi connectivity index (χ4v) is 1.78. The first-order valence-corrected chi connectivity index (χ1v) is 6.78. The van der Waals surface area contributed by atoms with Crippen molar-refractivity contribution in [3.05, 3.63) is 59.7 Å². The number of amides is 1. The standard InChI is InChI=1S/C17H21NO3/c1-4-5-6-11-16(19)18(13-17(20)21-3)12-15-10-8-7-9-14(15)2/h4-11H,12-13H2,1-3H3/b5-4+,11-6+. The highest BCUT2D eigenvalue weighted by Crippen LogP contribution is 2.11. The number of allylic oxidation sites excluding steroid dienone is 3. The maximum absolute atomic E-state index is 12.2. The molecule has 1 aromatic rings. The van der Waals surface area contributed by atoms with E-state index in [1.54, 1.807) is 12.2 Å². The molecule has 4 nitrogen and oxygen atoms in total. The highest BCUT2D eigenvalue weighted by Gasteiger charge is 2.16. The monoisotopic (exact) mass is 287 g/mol. The van der Waals surface area contributed by atoms with E-state index in [2.05, 4.69) is 4.74 Å². The summed E-state index contributed by atoms with van der Waals surface area (Å²) in [7, 11) is 1.31. The number of hydrogen-bond donors (Lipinski definition) is 0. The summed E-state index contributed by atoms with van der Waals surface area (Å²) in [5, 5.41) is 0. The number of benzene rings is 1. The molecule has 0 aliphatic heterocycles. The highest BCUT2D eigenvalue weighted by molar-refractivity contribution is 5.90. The van der Waals surface area contributed by atoms with E-state index in [1.807, 2.05) is 44.2 Å². The number of nitrogens with zero attached hydrogens (tertiary/aromatic N) is 1. The van der Waals surface area contributed by atoms with Crippen molar-refractivity contribution in [2.75, 3.05) is 13.7 Å². The second-order valence-corrected chi connectivity index (χ2v) is 4.58. The number of carbonyl (C=O) groups is 2. The summed E-state index contributed by atoms with van der Waals surface area (Å²) < 4.78 is 4.65. The molecule has 0 saturated heterocycles. The van der Waals surface area contributed by atoms with E-state index < -0.39 is 5.97 Å². The van der Waals surface area contributed by atoms with E-state index in [4.69, 9.17) is 0 Å². The Morgan fingerprint density at radius 2 is 1.95 bits per heavy atom. The molecule has 0 radical (unpaired) electrons. The summed E-state index contributed by atoms with van der Waals surface area (Å²) in [6.45, 7) is 4.16. The van der Waals surface area contributed by atoms with Crippen LogP contribution >= 0.6 is 0 Å². The quantitative estimate of drug-likeness (QED) is 0.459. The Hall–Kier alpha value is -2.36. The Labute approximate surface area is 125 Å². The van der Waals surface area contributed by atoms with Crippen LogP contribution in [0.5, 0.6) is 0 Å². The molecule has 0 N–H and O–H groups in total. The Bertz CT molecular complexity index is 547. The lowest BCUT2D eigenvalue weighted by Crippen LogP contribution is -2.34. The van der Waals surface area contributed by atoms with Crippen LogP contribution in [-0.2, 0) is 20.9 Å². The second kappa shape index (κ2) is 8.74. The fourth-order valence-electron chi connectivity index (χ4n) is 1.78. The van der Waals surface area contributed by atoms with Gasteiger partial charge in [-0.2, -0.15) is 0 Å². The third kappa shape index (κ3) is 5.65. The van der Waals surface area contributed by atoms with Crippen molar-refractivity contribution in [3.8, 4) is 0 Å². The first-order valence-electron chi connectivity index (χ1n) is 6.78. The van der Waals surface area contributed by atoms with Gasteiger partial charge in [0.25, 0.3) is 0 Å². The Balaban J connectivity index is 2.89. The van der Waals surface area contributed by atoms with Crippen molar-refractivity contribution in [1.29, 1.82) is 0 Å². The molecular formula is C17H21NO3. The van der Waals surface area contributed by atoms with Gasteiger partial charge in [0.05, 0.1) is 7.11 Å². The Morgan fingerprint density at radius 3 is 2.57 bits per heavy atom. The van der Waals surface area contributed by atoms with Gasteiger partial charge < -0.3 is 9.64 Å². The number of methoxy groups -OCH3 is 1. The lowest BCUT2D eigenvalue weighted by atomic mass is 10.1. The van der Waals surface area contributed by atoms with Gasteiger partial charge in [0.15, 0.2) is 0 Å². The van der Waals surface area contributed by atoms with Gasteiger partial charge in [-0.15, -0.1) is 0 Å². The van der Waals surface area contributed by atoms with Crippen LogP contribution in [0, 0.1) is 6.92 Å². The summed E-state index contributed by atoms with van der Waals surface area (Å²) in [5.41, 5.74) is 2.09. The van der Waals surface area contributed by atoms with Gasteiger partial charge >= 0.3 is 5.97 Å². The van der Waals surface area contributed by atoms with Crippen molar-refractivity contribution < 1.29 is 14.3 Å². The molecule has 21 heavy (non-hydrogen) atoms. The third-order valence-corrected chi connectivity index (χ3v) is 3.02. The van der Waals surface area contributed by atoms with Crippen LogP contribution in [0.2, 0.25) is 0 Å². The van der Waals surface area contributed by atoms with Gasteiger partial charge in [0.1, 0.15) is 6.54 Å².